The molecule has 3 atom stereocenters. The first kappa shape index (κ1) is 16.0. The Hall–Kier alpha value is -1.50. The van der Waals surface area contributed by atoms with Crippen LogP contribution in [0.25, 0.3) is 0 Å². The third kappa shape index (κ3) is 3.31. The Morgan fingerprint density at radius 2 is 2.04 bits per heavy atom. The van der Waals surface area contributed by atoms with E-state index in [0.29, 0.717) is 32.3 Å². The van der Waals surface area contributed by atoms with Gasteiger partial charge in [0.2, 0.25) is 0 Å². The molecule has 1 amide bonds. The zero-order valence-corrected chi connectivity index (χ0v) is 14.0. The van der Waals surface area contributed by atoms with E-state index in [0.717, 1.165) is 38.0 Å². The number of carbonyl (C=O) groups excluding carboxylic acids is 1. The topological polar surface area (TPSA) is 54.9 Å². The van der Waals surface area contributed by atoms with Crippen LogP contribution in [0.1, 0.15) is 25.0 Å². The Kier molecular flexibility index (Phi) is 4.78. The molecule has 0 bridgehead atoms. The molecule has 0 N–H and O–H groups in total. The summed E-state index contributed by atoms with van der Waals surface area (Å²) in [5.41, 5.74) is 1.10. The van der Waals surface area contributed by atoms with Gasteiger partial charge in [-0.1, -0.05) is 6.07 Å². The van der Waals surface area contributed by atoms with Crippen LogP contribution in [-0.2, 0) is 20.8 Å². The van der Waals surface area contributed by atoms with Gasteiger partial charge in [0, 0.05) is 38.4 Å². The number of fused-ring (bicyclic) bond motifs is 1. The normalized spacial score (nSPS) is 31.0. The standard InChI is InChI=1S/C18H25N3O3/c22-18(20-9-11-23-12-10-20)17-5-4-15-16(24-17)6-8-21(15)13-14-3-1-2-7-19-14/h1-3,7,15-17H,4-6,8-13H2/t15-,16-,17-/m0/s1. The van der Waals surface area contributed by atoms with Gasteiger partial charge in [0.05, 0.1) is 25.0 Å². The highest BCUT2D eigenvalue weighted by Crippen LogP contribution is 2.32. The molecule has 0 spiro atoms. The number of aromatic nitrogens is 1. The number of hydrogen-bond acceptors (Lipinski definition) is 5. The summed E-state index contributed by atoms with van der Waals surface area (Å²) in [6, 6.07) is 6.47. The lowest BCUT2D eigenvalue weighted by atomic mass is 9.98. The Labute approximate surface area is 142 Å². The van der Waals surface area contributed by atoms with E-state index in [1.807, 2.05) is 23.2 Å². The quantitative estimate of drug-likeness (QED) is 0.829. The lowest BCUT2D eigenvalue weighted by Crippen LogP contribution is -2.51. The molecule has 3 fully saturated rings. The summed E-state index contributed by atoms with van der Waals surface area (Å²) < 4.78 is 11.5. The third-order valence-corrected chi connectivity index (χ3v) is 5.35. The van der Waals surface area contributed by atoms with Crippen LogP contribution in [0, 0.1) is 0 Å². The fourth-order valence-electron chi connectivity index (χ4n) is 4.08. The molecule has 1 aromatic rings. The summed E-state index contributed by atoms with van der Waals surface area (Å²) in [6.45, 7) is 4.56. The molecule has 3 saturated heterocycles. The predicted molar refractivity (Wildman–Crippen MR) is 88.3 cm³/mol. The molecule has 0 saturated carbocycles. The number of ether oxygens (including phenoxy) is 2. The molecule has 6 heteroatoms. The first-order valence-electron chi connectivity index (χ1n) is 8.97. The highest BCUT2D eigenvalue weighted by Gasteiger charge is 2.42. The Balaban J connectivity index is 1.34. The van der Waals surface area contributed by atoms with Gasteiger partial charge >= 0.3 is 0 Å². The van der Waals surface area contributed by atoms with Crippen molar-refractivity contribution in [3.63, 3.8) is 0 Å². The van der Waals surface area contributed by atoms with Crippen molar-refractivity contribution in [1.82, 2.24) is 14.8 Å². The number of amides is 1. The van der Waals surface area contributed by atoms with E-state index in [1.54, 1.807) is 0 Å². The fourth-order valence-corrected chi connectivity index (χ4v) is 4.08. The monoisotopic (exact) mass is 331 g/mol. The highest BCUT2D eigenvalue weighted by molar-refractivity contribution is 5.81. The van der Waals surface area contributed by atoms with Gasteiger partial charge in [-0.25, -0.2) is 0 Å². The zero-order chi connectivity index (χ0) is 16.4. The second kappa shape index (κ2) is 7.17. The van der Waals surface area contributed by atoms with Gasteiger partial charge < -0.3 is 14.4 Å². The summed E-state index contributed by atoms with van der Waals surface area (Å²) >= 11 is 0. The smallest absolute Gasteiger partial charge is 0.251 e. The van der Waals surface area contributed by atoms with Gasteiger partial charge in [0.25, 0.3) is 5.91 Å². The van der Waals surface area contributed by atoms with Gasteiger partial charge in [-0.2, -0.15) is 0 Å². The minimum Gasteiger partial charge on any atom is -0.378 e. The molecule has 1 aromatic heterocycles. The minimum atomic E-state index is -0.265. The summed E-state index contributed by atoms with van der Waals surface area (Å²) in [5, 5.41) is 0. The summed E-state index contributed by atoms with van der Waals surface area (Å²) in [5.74, 6) is 0.153. The number of rotatable bonds is 3. The lowest BCUT2D eigenvalue weighted by molar-refractivity contribution is -0.158. The van der Waals surface area contributed by atoms with Gasteiger partial charge in [-0.15, -0.1) is 0 Å². The first-order chi connectivity index (χ1) is 11.8. The van der Waals surface area contributed by atoms with Crippen LogP contribution in [0.4, 0.5) is 0 Å². The van der Waals surface area contributed by atoms with E-state index in [2.05, 4.69) is 16.0 Å². The van der Waals surface area contributed by atoms with Gasteiger partial charge in [-0.05, 0) is 31.4 Å². The van der Waals surface area contributed by atoms with E-state index in [9.17, 15) is 4.79 Å². The van der Waals surface area contributed by atoms with Gasteiger partial charge in [-0.3, -0.25) is 14.7 Å². The molecule has 3 aliphatic heterocycles. The van der Waals surface area contributed by atoms with E-state index < -0.39 is 0 Å². The number of likely N-dealkylation sites (tertiary alicyclic amines) is 1. The Morgan fingerprint density at radius 3 is 2.83 bits per heavy atom. The second-order valence-electron chi connectivity index (χ2n) is 6.83. The van der Waals surface area contributed by atoms with E-state index >= 15 is 0 Å². The maximum atomic E-state index is 12.6. The van der Waals surface area contributed by atoms with Crippen LogP contribution in [0.3, 0.4) is 0 Å². The number of morpholine rings is 1. The van der Waals surface area contributed by atoms with Crippen molar-refractivity contribution in [3.05, 3.63) is 30.1 Å². The molecule has 4 heterocycles. The summed E-state index contributed by atoms with van der Waals surface area (Å²) in [7, 11) is 0. The van der Waals surface area contributed by atoms with Crippen molar-refractivity contribution >= 4 is 5.91 Å². The van der Waals surface area contributed by atoms with E-state index in [1.165, 1.54) is 0 Å². The molecule has 0 aliphatic carbocycles. The fraction of sp³-hybridized carbons (Fsp3) is 0.667. The zero-order valence-electron chi connectivity index (χ0n) is 14.0. The van der Waals surface area contributed by atoms with Crippen LogP contribution in [0.15, 0.2) is 24.4 Å². The van der Waals surface area contributed by atoms with Crippen LogP contribution in [0.2, 0.25) is 0 Å². The molecule has 3 aliphatic rings. The predicted octanol–water partition coefficient (Wildman–Crippen LogP) is 1.06. The molecule has 0 unspecified atom stereocenters. The Morgan fingerprint density at radius 1 is 1.17 bits per heavy atom. The number of nitrogens with zero attached hydrogens (tertiary/aromatic N) is 3. The minimum absolute atomic E-state index is 0.153. The molecule has 0 aromatic carbocycles. The summed E-state index contributed by atoms with van der Waals surface area (Å²) in [4.78, 5) is 21.4. The molecule has 130 valence electrons. The maximum Gasteiger partial charge on any atom is 0.251 e. The molecular weight excluding hydrogens is 306 g/mol. The molecule has 0 radical (unpaired) electrons. The molecule has 6 nitrogen and oxygen atoms in total. The second-order valence-corrected chi connectivity index (χ2v) is 6.83. The number of hydrogen-bond donors (Lipinski definition) is 0. The lowest BCUT2D eigenvalue weighted by Gasteiger charge is -2.38. The van der Waals surface area contributed by atoms with Gasteiger partial charge in [0.15, 0.2) is 0 Å². The maximum absolute atomic E-state index is 12.6. The highest BCUT2D eigenvalue weighted by atomic mass is 16.5. The van der Waals surface area contributed by atoms with Crippen LogP contribution in [0.5, 0.6) is 0 Å². The number of carbonyl (C=O) groups is 1. The average molecular weight is 331 g/mol. The van der Waals surface area contributed by atoms with Crippen molar-refractivity contribution in [2.75, 3.05) is 32.8 Å². The van der Waals surface area contributed by atoms with E-state index in [4.69, 9.17) is 9.47 Å². The van der Waals surface area contributed by atoms with Crippen LogP contribution < -0.4 is 0 Å². The first-order valence-corrected chi connectivity index (χ1v) is 8.97. The van der Waals surface area contributed by atoms with E-state index in [-0.39, 0.29) is 18.1 Å². The third-order valence-electron chi connectivity index (χ3n) is 5.35. The van der Waals surface area contributed by atoms with Crippen molar-refractivity contribution in [2.24, 2.45) is 0 Å². The average Bonchev–Trinajstić information content (AvgIpc) is 3.05. The summed E-state index contributed by atoms with van der Waals surface area (Å²) in [6.07, 6.45) is 4.60. The Bertz CT molecular complexity index is 562. The number of pyridine rings is 1. The molecular formula is C18H25N3O3. The van der Waals surface area contributed by atoms with Crippen LogP contribution >= 0.6 is 0 Å². The molecule has 4 rings (SSSR count). The van der Waals surface area contributed by atoms with Crippen molar-refractivity contribution in [3.8, 4) is 0 Å². The van der Waals surface area contributed by atoms with Crippen molar-refractivity contribution < 1.29 is 14.3 Å². The van der Waals surface area contributed by atoms with Crippen molar-refractivity contribution in [2.45, 2.75) is 44.1 Å². The van der Waals surface area contributed by atoms with Crippen LogP contribution in [-0.4, -0.2) is 71.8 Å². The molecule has 24 heavy (non-hydrogen) atoms. The van der Waals surface area contributed by atoms with Gasteiger partial charge in [0.1, 0.15) is 6.10 Å². The largest absolute Gasteiger partial charge is 0.378 e. The van der Waals surface area contributed by atoms with Crippen molar-refractivity contribution in [1.29, 1.82) is 0 Å². The SMILES string of the molecule is O=C([C@@H]1CC[C@H]2[C@H](CCN2Cc2ccccn2)O1)N1CCOCC1.